The molecule has 4 heteroatoms. The van der Waals surface area contributed by atoms with E-state index in [1.165, 1.54) is 0 Å². The monoisotopic (exact) mass is 201 g/mol. The molecule has 0 unspecified atom stereocenters. The number of nitrogens with zero attached hydrogens (tertiary/aromatic N) is 1. The van der Waals surface area contributed by atoms with Crippen LogP contribution in [0.3, 0.4) is 0 Å². The molecule has 2 heterocycles. The van der Waals surface area contributed by atoms with Gasteiger partial charge in [0.2, 0.25) is 0 Å². The summed E-state index contributed by atoms with van der Waals surface area (Å²) < 4.78 is 5.30. The van der Waals surface area contributed by atoms with E-state index in [1.807, 2.05) is 0 Å². The number of rotatable bonds is 3. The van der Waals surface area contributed by atoms with Crippen LogP contribution in [-0.4, -0.2) is 60.7 Å². The maximum atomic E-state index is 9.43. The van der Waals surface area contributed by atoms with Gasteiger partial charge in [-0.05, 0) is 12.8 Å². The molecule has 0 aromatic heterocycles. The molecule has 14 heavy (non-hydrogen) atoms. The average molecular weight is 201 g/mol. The van der Waals surface area contributed by atoms with Crippen molar-refractivity contribution in [3.05, 3.63) is 0 Å². The summed E-state index contributed by atoms with van der Waals surface area (Å²) >= 11 is 0. The average Bonchev–Trinajstić information content (AvgIpc) is 2.17. The first kappa shape index (κ1) is 10.4. The fourth-order valence-electron chi connectivity index (χ4n) is 2.32. The van der Waals surface area contributed by atoms with Crippen LogP contribution < -0.4 is 0 Å². The fraction of sp³-hybridized carbons (Fsp3) is 1.00. The molecule has 2 fully saturated rings. The normalized spacial score (nSPS) is 28.7. The van der Waals surface area contributed by atoms with Crippen LogP contribution in [-0.2, 0) is 4.74 Å². The molecule has 0 aliphatic carbocycles. The van der Waals surface area contributed by atoms with E-state index in [1.54, 1.807) is 0 Å². The lowest BCUT2D eigenvalue weighted by Gasteiger charge is -2.44. The lowest BCUT2D eigenvalue weighted by Crippen LogP contribution is -2.56. The third kappa shape index (κ3) is 2.08. The van der Waals surface area contributed by atoms with E-state index in [0.29, 0.717) is 0 Å². The Morgan fingerprint density at radius 1 is 1.29 bits per heavy atom. The number of hydrogen-bond donors (Lipinski definition) is 2. The summed E-state index contributed by atoms with van der Waals surface area (Å²) in [6, 6.07) is 0. The van der Waals surface area contributed by atoms with Gasteiger partial charge in [-0.1, -0.05) is 0 Å². The summed E-state index contributed by atoms with van der Waals surface area (Å²) in [7, 11) is 0. The molecule has 82 valence electrons. The highest BCUT2D eigenvalue weighted by atomic mass is 16.5. The molecular formula is C10H19NO3. The zero-order chi connectivity index (χ0) is 10.0. The number of ether oxygens (including phenoxy) is 1. The smallest absolute Gasteiger partial charge is 0.0793 e. The maximum absolute atomic E-state index is 9.43. The van der Waals surface area contributed by atoms with Crippen LogP contribution in [0.2, 0.25) is 0 Å². The largest absolute Gasteiger partial charge is 0.396 e. The van der Waals surface area contributed by atoms with Gasteiger partial charge in [0.05, 0.1) is 12.7 Å². The molecule has 2 aliphatic heterocycles. The molecule has 0 radical (unpaired) electrons. The second kappa shape index (κ2) is 4.14. The van der Waals surface area contributed by atoms with E-state index < -0.39 is 0 Å². The first-order valence-corrected chi connectivity index (χ1v) is 5.33. The lowest BCUT2D eigenvalue weighted by atomic mass is 9.80. The van der Waals surface area contributed by atoms with Crippen LogP contribution in [0.1, 0.15) is 12.8 Å². The second-order valence-electron chi connectivity index (χ2n) is 4.62. The topological polar surface area (TPSA) is 52.9 Å². The van der Waals surface area contributed by atoms with E-state index >= 15 is 0 Å². The van der Waals surface area contributed by atoms with Crippen molar-refractivity contribution in [2.75, 3.05) is 39.5 Å². The Labute approximate surface area is 84.5 Å². The van der Waals surface area contributed by atoms with Crippen molar-refractivity contribution >= 4 is 0 Å². The Balaban J connectivity index is 1.85. The molecule has 2 saturated heterocycles. The van der Waals surface area contributed by atoms with Crippen molar-refractivity contribution in [1.82, 2.24) is 4.90 Å². The summed E-state index contributed by atoms with van der Waals surface area (Å²) in [4.78, 5) is 2.21. The van der Waals surface area contributed by atoms with Gasteiger partial charge in [0, 0.05) is 38.3 Å². The van der Waals surface area contributed by atoms with E-state index in [-0.39, 0.29) is 18.1 Å². The van der Waals surface area contributed by atoms with Crippen molar-refractivity contribution in [2.45, 2.75) is 18.9 Å². The van der Waals surface area contributed by atoms with Crippen molar-refractivity contribution in [2.24, 2.45) is 5.41 Å². The Hall–Kier alpha value is -0.160. The van der Waals surface area contributed by atoms with Crippen LogP contribution in [0.4, 0.5) is 0 Å². The van der Waals surface area contributed by atoms with E-state index in [4.69, 9.17) is 4.74 Å². The predicted molar refractivity (Wildman–Crippen MR) is 52.0 cm³/mol. The van der Waals surface area contributed by atoms with Gasteiger partial charge >= 0.3 is 0 Å². The Bertz CT molecular complexity index is 186. The standard InChI is InChI=1S/C10H19NO3/c12-8-10(1-3-14-4-2-10)7-11-5-9(13)6-11/h9,12-13H,1-8H2. The summed E-state index contributed by atoms with van der Waals surface area (Å²) in [5, 5.41) is 18.6. The number of hydrogen-bond acceptors (Lipinski definition) is 4. The van der Waals surface area contributed by atoms with Gasteiger partial charge in [0.15, 0.2) is 0 Å². The van der Waals surface area contributed by atoms with E-state index in [2.05, 4.69) is 4.90 Å². The highest BCUT2D eigenvalue weighted by Gasteiger charge is 2.37. The van der Waals surface area contributed by atoms with Crippen LogP contribution in [0.25, 0.3) is 0 Å². The fourth-order valence-corrected chi connectivity index (χ4v) is 2.32. The molecule has 0 aromatic rings. The highest BCUT2D eigenvalue weighted by molar-refractivity contribution is 4.89. The minimum atomic E-state index is -0.148. The summed E-state index contributed by atoms with van der Waals surface area (Å²) in [6.45, 7) is 4.20. The van der Waals surface area contributed by atoms with Crippen LogP contribution in [0.15, 0.2) is 0 Å². The zero-order valence-electron chi connectivity index (χ0n) is 8.48. The van der Waals surface area contributed by atoms with Gasteiger partial charge in [-0.15, -0.1) is 0 Å². The van der Waals surface area contributed by atoms with Gasteiger partial charge in [0.1, 0.15) is 0 Å². The maximum Gasteiger partial charge on any atom is 0.0793 e. The van der Waals surface area contributed by atoms with Crippen LogP contribution in [0, 0.1) is 5.41 Å². The first-order valence-electron chi connectivity index (χ1n) is 5.33. The summed E-state index contributed by atoms with van der Waals surface area (Å²) in [5.74, 6) is 0. The molecule has 2 aliphatic rings. The zero-order valence-corrected chi connectivity index (χ0v) is 8.48. The summed E-state index contributed by atoms with van der Waals surface area (Å²) in [6.07, 6.45) is 1.73. The van der Waals surface area contributed by atoms with Gasteiger partial charge in [-0.3, -0.25) is 4.90 Å². The van der Waals surface area contributed by atoms with Gasteiger partial charge < -0.3 is 14.9 Å². The Morgan fingerprint density at radius 2 is 1.93 bits per heavy atom. The quantitative estimate of drug-likeness (QED) is 0.643. The number of aliphatic hydroxyl groups excluding tert-OH is 2. The molecular weight excluding hydrogens is 182 g/mol. The molecule has 0 saturated carbocycles. The predicted octanol–water partition coefficient (Wildman–Crippen LogP) is -0.548. The van der Waals surface area contributed by atoms with Gasteiger partial charge in [-0.25, -0.2) is 0 Å². The number of aliphatic hydroxyl groups is 2. The molecule has 0 atom stereocenters. The van der Waals surface area contributed by atoms with E-state index in [0.717, 1.165) is 45.7 Å². The summed E-state index contributed by atoms with van der Waals surface area (Å²) in [5.41, 5.74) is 0.0262. The minimum Gasteiger partial charge on any atom is -0.396 e. The van der Waals surface area contributed by atoms with Crippen molar-refractivity contribution < 1.29 is 14.9 Å². The molecule has 0 amide bonds. The third-order valence-electron chi connectivity index (χ3n) is 3.39. The second-order valence-corrected chi connectivity index (χ2v) is 4.62. The highest BCUT2D eigenvalue weighted by Crippen LogP contribution is 2.32. The molecule has 0 bridgehead atoms. The van der Waals surface area contributed by atoms with Gasteiger partial charge in [-0.2, -0.15) is 0 Å². The lowest BCUT2D eigenvalue weighted by molar-refractivity contribution is -0.0719. The van der Waals surface area contributed by atoms with Crippen LogP contribution >= 0.6 is 0 Å². The molecule has 2 N–H and O–H groups in total. The molecule has 2 rings (SSSR count). The first-order chi connectivity index (χ1) is 6.74. The van der Waals surface area contributed by atoms with Crippen molar-refractivity contribution in [1.29, 1.82) is 0 Å². The van der Waals surface area contributed by atoms with Crippen molar-refractivity contribution in [3.8, 4) is 0 Å². The number of β-amino-alcohol motifs (C(OH)–C–C–N with tert-alkyl or cyclic N) is 1. The van der Waals surface area contributed by atoms with Crippen molar-refractivity contribution in [3.63, 3.8) is 0 Å². The Morgan fingerprint density at radius 3 is 2.43 bits per heavy atom. The minimum absolute atomic E-state index is 0.0262. The molecule has 4 nitrogen and oxygen atoms in total. The van der Waals surface area contributed by atoms with Crippen LogP contribution in [0.5, 0.6) is 0 Å². The molecule has 0 aromatic carbocycles. The SMILES string of the molecule is OCC1(CN2CC(O)C2)CCOCC1. The molecule has 0 spiro atoms. The van der Waals surface area contributed by atoms with E-state index in [9.17, 15) is 10.2 Å². The van der Waals surface area contributed by atoms with Gasteiger partial charge in [0.25, 0.3) is 0 Å². The third-order valence-corrected chi connectivity index (χ3v) is 3.39. The number of likely N-dealkylation sites (tertiary alicyclic amines) is 1. The Kier molecular flexibility index (Phi) is 3.07.